The molecule has 1 aliphatic carbocycles. The van der Waals surface area contributed by atoms with E-state index >= 15 is 0 Å². The van der Waals surface area contributed by atoms with E-state index in [-0.39, 0.29) is 6.07 Å². The Bertz CT molecular complexity index is 1140. The fraction of sp³-hybridized carbons (Fsp3) is 0.667. The van der Waals surface area contributed by atoms with Gasteiger partial charge in [0.25, 0.3) is 0 Å². The monoisotopic (exact) mass is 667 g/mol. The quantitative estimate of drug-likeness (QED) is 0.187. The molecule has 2 rings (SSSR count). The minimum absolute atomic E-state index is 0.121. The Kier molecular flexibility index (Phi) is 9.39. The first-order valence-electron chi connectivity index (χ1n) is 11.3. The summed E-state index contributed by atoms with van der Waals surface area (Å²) in [5, 5.41) is 3.71. The lowest BCUT2D eigenvalue weighted by Gasteiger charge is -2.43. The molecule has 0 aromatic heterocycles. The van der Waals surface area contributed by atoms with Crippen molar-refractivity contribution in [2.24, 2.45) is 5.73 Å². The predicted octanol–water partition coefficient (Wildman–Crippen LogP) is 7.71. The van der Waals surface area contributed by atoms with Gasteiger partial charge in [0.2, 0.25) is 0 Å². The molecule has 3 nitrogen and oxygen atoms in total. The van der Waals surface area contributed by atoms with Gasteiger partial charge in [0.05, 0.1) is 5.56 Å². The van der Waals surface area contributed by atoms with E-state index < -0.39 is 76.1 Å². The van der Waals surface area contributed by atoms with Crippen molar-refractivity contribution in [2.45, 2.75) is 85.4 Å². The molecule has 0 saturated heterocycles. The third-order valence-electron chi connectivity index (χ3n) is 6.37. The molecular weight excluding hydrogens is 649 g/mol. The number of nitrogens with two attached hydrogens (primary N) is 1. The zero-order chi connectivity index (χ0) is 33.0. The van der Waals surface area contributed by atoms with Gasteiger partial charge in [-0.1, -0.05) is 31.0 Å². The molecule has 2 atom stereocenters. The standard InChI is InChI=1S/C21H18F17N3S/c22-14(23,9-5-1-3-7-11(9)40-13(42)41-12-8-4-2-6-10(12)39)15(24,25)16(26,27)17(28,29)18(30,31)19(32,33)20(34,35)21(36,37)38/h1,3,5,7,10,12H,2,4,6,8,39H2,(H2,40,41,42)/t10-,12-/m1/s1. The molecule has 4 N–H and O–H groups in total. The number of hydrogen-bond acceptors (Lipinski definition) is 2. The van der Waals surface area contributed by atoms with Gasteiger partial charge < -0.3 is 16.4 Å². The molecule has 1 fully saturated rings. The number of rotatable bonds is 9. The van der Waals surface area contributed by atoms with Crippen LogP contribution in [0.4, 0.5) is 80.3 Å². The highest BCUT2D eigenvalue weighted by atomic mass is 32.1. The van der Waals surface area contributed by atoms with Gasteiger partial charge in [0.15, 0.2) is 5.11 Å². The molecule has 0 unspecified atom stereocenters. The summed E-state index contributed by atoms with van der Waals surface area (Å²) in [4.78, 5) is 0. The van der Waals surface area contributed by atoms with E-state index in [0.717, 1.165) is 6.07 Å². The van der Waals surface area contributed by atoms with Crippen molar-refractivity contribution in [1.29, 1.82) is 0 Å². The number of hydrogen-bond donors (Lipinski definition) is 3. The molecule has 242 valence electrons. The van der Waals surface area contributed by atoms with Crippen LogP contribution < -0.4 is 16.4 Å². The maximum Gasteiger partial charge on any atom is 0.460 e. The van der Waals surface area contributed by atoms with E-state index in [2.05, 4.69) is 5.32 Å². The van der Waals surface area contributed by atoms with Gasteiger partial charge in [-0.25, -0.2) is 0 Å². The fourth-order valence-electron chi connectivity index (χ4n) is 3.86. The molecule has 0 amide bonds. The van der Waals surface area contributed by atoms with E-state index in [1.807, 2.05) is 5.32 Å². The van der Waals surface area contributed by atoms with Crippen LogP contribution in [0.3, 0.4) is 0 Å². The lowest BCUT2D eigenvalue weighted by Crippen LogP contribution is -2.74. The number of benzene rings is 1. The highest BCUT2D eigenvalue weighted by Gasteiger charge is 2.95. The minimum Gasteiger partial charge on any atom is -0.358 e. The third-order valence-corrected chi connectivity index (χ3v) is 6.59. The molecule has 21 heteroatoms. The Morgan fingerprint density at radius 1 is 0.643 bits per heavy atom. The molecule has 42 heavy (non-hydrogen) atoms. The average molecular weight is 667 g/mol. The average Bonchev–Trinajstić information content (AvgIpc) is 2.84. The second-order valence-electron chi connectivity index (χ2n) is 9.22. The summed E-state index contributed by atoms with van der Waals surface area (Å²) in [5.74, 6) is -57.1. The van der Waals surface area contributed by atoms with Crippen LogP contribution in [0.25, 0.3) is 0 Å². The van der Waals surface area contributed by atoms with Crippen molar-refractivity contribution in [2.75, 3.05) is 5.32 Å². The fourth-order valence-corrected chi connectivity index (χ4v) is 4.13. The predicted molar refractivity (Wildman–Crippen MR) is 116 cm³/mol. The lowest BCUT2D eigenvalue weighted by molar-refractivity contribution is -0.462. The highest BCUT2D eigenvalue weighted by Crippen LogP contribution is 2.65. The van der Waals surface area contributed by atoms with Gasteiger partial charge in [-0.05, 0) is 31.1 Å². The Labute approximate surface area is 230 Å². The Morgan fingerprint density at radius 3 is 1.55 bits per heavy atom. The summed E-state index contributed by atoms with van der Waals surface area (Å²) in [6.07, 6.45) is -5.68. The first-order valence-corrected chi connectivity index (χ1v) is 11.7. The van der Waals surface area contributed by atoms with Crippen LogP contribution in [0.5, 0.6) is 0 Å². The number of nitrogens with one attached hydrogen (secondary N) is 2. The van der Waals surface area contributed by atoms with Crippen LogP contribution in [0.1, 0.15) is 31.2 Å². The number of alkyl halides is 17. The van der Waals surface area contributed by atoms with Crippen molar-refractivity contribution in [3.63, 3.8) is 0 Å². The van der Waals surface area contributed by atoms with Crippen LogP contribution in [0.2, 0.25) is 0 Å². The third kappa shape index (κ3) is 5.42. The van der Waals surface area contributed by atoms with E-state index in [9.17, 15) is 74.6 Å². The van der Waals surface area contributed by atoms with Crippen molar-refractivity contribution in [3.05, 3.63) is 29.8 Å². The van der Waals surface area contributed by atoms with Gasteiger partial charge >= 0.3 is 47.6 Å². The summed E-state index contributed by atoms with van der Waals surface area (Å²) in [7, 11) is 0. The van der Waals surface area contributed by atoms with E-state index in [1.54, 1.807) is 0 Å². The second-order valence-corrected chi connectivity index (χ2v) is 9.63. The summed E-state index contributed by atoms with van der Waals surface area (Å²) in [5.41, 5.74) is 2.14. The Morgan fingerprint density at radius 2 is 1.07 bits per heavy atom. The van der Waals surface area contributed by atoms with Crippen LogP contribution in [0.15, 0.2) is 24.3 Å². The molecule has 1 aromatic carbocycles. The molecular formula is C21H18F17N3S. The van der Waals surface area contributed by atoms with Crippen LogP contribution in [-0.4, -0.2) is 58.9 Å². The Hall–Kier alpha value is -2.32. The van der Waals surface area contributed by atoms with Crippen LogP contribution in [-0.2, 0) is 5.92 Å². The van der Waals surface area contributed by atoms with E-state index in [1.165, 1.54) is 0 Å². The molecule has 1 aliphatic rings. The molecule has 0 radical (unpaired) electrons. The Balaban J connectivity index is 2.54. The van der Waals surface area contributed by atoms with Crippen LogP contribution in [0, 0.1) is 0 Å². The minimum atomic E-state index is -8.69. The maximum atomic E-state index is 14.9. The highest BCUT2D eigenvalue weighted by molar-refractivity contribution is 7.80. The van der Waals surface area contributed by atoms with Gasteiger partial charge in [0.1, 0.15) is 0 Å². The van der Waals surface area contributed by atoms with Crippen molar-refractivity contribution in [1.82, 2.24) is 5.32 Å². The number of halogens is 17. The molecule has 0 heterocycles. The second kappa shape index (κ2) is 11.0. The van der Waals surface area contributed by atoms with Crippen molar-refractivity contribution < 1.29 is 74.6 Å². The molecule has 1 saturated carbocycles. The lowest BCUT2D eigenvalue weighted by atomic mass is 9.87. The van der Waals surface area contributed by atoms with E-state index in [0.29, 0.717) is 37.8 Å². The van der Waals surface area contributed by atoms with Crippen LogP contribution >= 0.6 is 12.2 Å². The number of anilines is 1. The first kappa shape index (κ1) is 35.9. The summed E-state index contributed by atoms with van der Waals surface area (Å²) in [6, 6.07) is 0.372. The van der Waals surface area contributed by atoms with Gasteiger partial charge in [-0.2, -0.15) is 74.6 Å². The number of para-hydroxylation sites is 1. The number of thiocarbonyl (C=S) groups is 1. The molecule has 0 bridgehead atoms. The SMILES string of the molecule is N[C@@H]1CCCC[C@H]1NC(=S)Nc1ccccc1C(F)(F)C(F)(F)C(F)(F)C(F)(F)C(F)(F)C(F)(F)C(F)(F)C(F)(F)F. The maximum absolute atomic E-state index is 14.9. The van der Waals surface area contributed by atoms with Gasteiger partial charge in [-0.3, -0.25) is 0 Å². The molecule has 1 aromatic rings. The largest absolute Gasteiger partial charge is 0.460 e. The topological polar surface area (TPSA) is 50.1 Å². The summed E-state index contributed by atoms with van der Waals surface area (Å²) < 4.78 is 232. The first-order chi connectivity index (χ1) is 18.6. The summed E-state index contributed by atoms with van der Waals surface area (Å²) >= 11 is 4.81. The normalized spacial score (nSPS) is 20.3. The van der Waals surface area contributed by atoms with Crippen molar-refractivity contribution >= 4 is 23.0 Å². The van der Waals surface area contributed by atoms with Gasteiger partial charge in [0, 0.05) is 17.8 Å². The molecule has 0 spiro atoms. The van der Waals surface area contributed by atoms with Crippen molar-refractivity contribution in [3.8, 4) is 0 Å². The molecule has 0 aliphatic heterocycles. The smallest absolute Gasteiger partial charge is 0.358 e. The summed E-state index contributed by atoms with van der Waals surface area (Å²) in [6.45, 7) is 0. The van der Waals surface area contributed by atoms with Gasteiger partial charge in [-0.15, -0.1) is 0 Å². The van der Waals surface area contributed by atoms with E-state index in [4.69, 9.17) is 18.0 Å². The zero-order valence-electron chi connectivity index (χ0n) is 20.2. The zero-order valence-corrected chi connectivity index (χ0v) is 21.0.